The smallest absolute Gasteiger partial charge is 0.154 e. The quantitative estimate of drug-likeness (QED) is 0.367. The fraction of sp³-hybridized carbons (Fsp3) is 0.619. The summed E-state index contributed by atoms with van der Waals surface area (Å²) >= 11 is 0. The molecule has 3 nitrogen and oxygen atoms in total. The Morgan fingerprint density at radius 3 is 1.92 bits per heavy atom. The number of aldehydes is 2. The van der Waals surface area contributed by atoms with Crippen molar-refractivity contribution in [3.8, 4) is 5.75 Å². The van der Waals surface area contributed by atoms with Gasteiger partial charge < -0.3 is 5.11 Å². The third-order valence-corrected chi connectivity index (χ3v) is 4.79. The van der Waals surface area contributed by atoms with E-state index in [1.54, 1.807) is 6.07 Å². The first-order chi connectivity index (χ1) is 11.7. The lowest BCUT2D eigenvalue weighted by Crippen LogP contribution is -1.99. The van der Waals surface area contributed by atoms with E-state index in [1.807, 2.05) is 6.92 Å². The molecule has 134 valence electrons. The molecule has 0 radical (unpaired) electrons. The molecule has 0 spiro atoms. The van der Waals surface area contributed by atoms with Crippen LogP contribution in [0.25, 0.3) is 0 Å². The number of aryl methyl sites for hydroxylation is 1. The van der Waals surface area contributed by atoms with Crippen LogP contribution in [0, 0.1) is 6.92 Å². The number of aromatic hydroxyl groups is 1. The number of phenols is 1. The van der Waals surface area contributed by atoms with Crippen molar-refractivity contribution < 1.29 is 14.7 Å². The Morgan fingerprint density at radius 2 is 1.42 bits per heavy atom. The van der Waals surface area contributed by atoms with Crippen molar-refractivity contribution in [1.82, 2.24) is 0 Å². The standard InChI is InChI=1S/C21H32O3/c1-3-4-5-6-7-8-9-10-11-12-13-18-14-19(15-22)21(24)20(16-23)17(18)2/h14-16,24H,3-13H2,1-2H3. The molecule has 0 atom stereocenters. The van der Waals surface area contributed by atoms with Crippen LogP contribution in [-0.2, 0) is 6.42 Å². The summed E-state index contributed by atoms with van der Waals surface area (Å²) in [5.74, 6) is -0.190. The van der Waals surface area contributed by atoms with Gasteiger partial charge in [0.05, 0.1) is 11.1 Å². The number of hydrogen-bond donors (Lipinski definition) is 1. The highest BCUT2D eigenvalue weighted by Gasteiger charge is 2.13. The van der Waals surface area contributed by atoms with E-state index in [0.29, 0.717) is 12.6 Å². The molecule has 0 heterocycles. The second-order valence-electron chi connectivity index (χ2n) is 6.68. The molecule has 3 heteroatoms. The van der Waals surface area contributed by atoms with Gasteiger partial charge in [-0.05, 0) is 37.0 Å². The van der Waals surface area contributed by atoms with Crippen LogP contribution in [0.3, 0.4) is 0 Å². The average Bonchev–Trinajstić information content (AvgIpc) is 2.58. The summed E-state index contributed by atoms with van der Waals surface area (Å²) in [6.07, 6.45) is 14.9. The molecule has 1 N–H and O–H groups in total. The van der Waals surface area contributed by atoms with Crippen molar-refractivity contribution in [2.45, 2.75) is 84.5 Å². The Hall–Kier alpha value is -1.64. The number of rotatable bonds is 13. The van der Waals surface area contributed by atoms with Gasteiger partial charge in [0.1, 0.15) is 5.75 Å². The molecule has 1 aromatic rings. The van der Waals surface area contributed by atoms with Crippen LogP contribution >= 0.6 is 0 Å². The van der Waals surface area contributed by atoms with Gasteiger partial charge in [-0.2, -0.15) is 0 Å². The Bertz CT molecular complexity index is 520. The van der Waals surface area contributed by atoms with Crippen LogP contribution in [0.4, 0.5) is 0 Å². The molecular weight excluding hydrogens is 300 g/mol. The van der Waals surface area contributed by atoms with Crippen LogP contribution in [0.15, 0.2) is 6.07 Å². The molecule has 0 unspecified atom stereocenters. The van der Waals surface area contributed by atoms with Gasteiger partial charge >= 0.3 is 0 Å². The molecule has 1 aromatic carbocycles. The van der Waals surface area contributed by atoms with E-state index in [-0.39, 0.29) is 16.9 Å². The van der Waals surface area contributed by atoms with Gasteiger partial charge in [-0.3, -0.25) is 9.59 Å². The number of carbonyl (C=O) groups excluding carboxylic acids is 2. The predicted molar refractivity (Wildman–Crippen MR) is 99.2 cm³/mol. The maximum absolute atomic E-state index is 11.1. The summed E-state index contributed by atoms with van der Waals surface area (Å²) in [7, 11) is 0. The van der Waals surface area contributed by atoms with E-state index in [9.17, 15) is 14.7 Å². The Labute approximate surface area is 146 Å². The van der Waals surface area contributed by atoms with E-state index >= 15 is 0 Å². The van der Waals surface area contributed by atoms with Crippen LogP contribution in [-0.4, -0.2) is 17.7 Å². The first-order valence-electron chi connectivity index (χ1n) is 9.41. The summed E-state index contributed by atoms with van der Waals surface area (Å²) in [5.41, 5.74) is 2.26. The number of phenolic OH excluding ortho intramolecular Hbond substituents is 1. The fourth-order valence-corrected chi connectivity index (χ4v) is 3.17. The lowest BCUT2D eigenvalue weighted by Gasteiger charge is -2.11. The van der Waals surface area contributed by atoms with Crippen molar-refractivity contribution >= 4 is 12.6 Å². The zero-order valence-corrected chi connectivity index (χ0v) is 15.3. The monoisotopic (exact) mass is 332 g/mol. The molecule has 0 aliphatic rings. The molecule has 0 aliphatic carbocycles. The Morgan fingerprint density at radius 1 is 0.875 bits per heavy atom. The van der Waals surface area contributed by atoms with Gasteiger partial charge in [-0.25, -0.2) is 0 Å². The van der Waals surface area contributed by atoms with Crippen LogP contribution < -0.4 is 0 Å². The topological polar surface area (TPSA) is 54.4 Å². The maximum atomic E-state index is 11.1. The minimum Gasteiger partial charge on any atom is -0.506 e. The molecule has 0 aliphatic heterocycles. The lowest BCUT2D eigenvalue weighted by molar-refractivity contribution is 0.111. The number of carbonyl (C=O) groups is 2. The van der Waals surface area contributed by atoms with Gasteiger partial charge in [-0.1, -0.05) is 64.7 Å². The van der Waals surface area contributed by atoms with Crippen LogP contribution in [0.2, 0.25) is 0 Å². The number of unbranched alkanes of at least 4 members (excludes halogenated alkanes) is 9. The highest BCUT2D eigenvalue weighted by molar-refractivity contribution is 5.90. The summed E-state index contributed by atoms with van der Waals surface area (Å²) < 4.78 is 0. The minimum atomic E-state index is -0.190. The molecule has 0 bridgehead atoms. The normalized spacial score (nSPS) is 10.8. The van der Waals surface area contributed by atoms with Crippen LogP contribution in [0.1, 0.15) is 103 Å². The largest absolute Gasteiger partial charge is 0.506 e. The molecular formula is C21H32O3. The average molecular weight is 332 g/mol. The van der Waals surface area contributed by atoms with Crippen molar-refractivity contribution in [2.75, 3.05) is 0 Å². The number of benzene rings is 1. The fourth-order valence-electron chi connectivity index (χ4n) is 3.17. The van der Waals surface area contributed by atoms with Gasteiger partial charge in [0.15, 0.2) is 12.6 Å². The van der Waals surface area contributed by atoms with Gasteiger partial charge in [0.25, 0.3) is 0 Å². The van der Waals surface area contributed by atoms with E-state index in [2.05, 4.69) is 6.92 Å². The lowest BCUT2D eigenvalue weighted by atomic mass is 9.94. The van der Waals surface area contributed by atoms with Crippen molar-refractivity contribution in [1.29, 1.82) is 0 Å². The van der Waals surface area contributed by atoms with E-state index in [4.69, 9.17) is 0 Å². The van der Waals surface area contributed by atoms with Gasteiger partial charge in [0, 0.05) is 0 Å². The second-order valence-corrected chi connectivity index (χ2v) is 6.68. The van der Waals surface area contributed by atoms with Gasteiger partial charge in [-0.15, -0.1) is 0 Å². The molecule has 0 fully saturated rings. The molecule has 0 saturated heterocycles. The first kappa shape index (κ1) is 20.4. The van der Waals surface area contributed by atoms with Crippen molar-refractivity contribution in [3.63, 3.8) is 0 Å². The number of hydrogen-bond acceptors (Lipinski definition) is 3. The van der Waals surface area contributed by atoms with Crippen LogP contribution in [0.5, 0.6) is 5.75 Å². The Kier molecular flexibility index (Phi) is 10.1. The van der Waals surface area contributed by atoms with E-state index < -0.39 is 0 Å². The third kappa shape index (κ3) is 6.46. The molecule has 0 amide bonds. The molecule has 1 rings (SSSR count). The Balaban J connectivity index is 2.33. The zero-order chi connectivity index (χ0) is 17.8. The van der Waals surface area contributed by atoms with Gasteiger partial charge in [0.2, 0.25) is 0 Å². The van der Waals surface area contributed by atoms with E-state index in [0.717, 1.165) is 24.0 Å². The predicted octanol–water partition coefficient (Wildman–Crippen LogP) is 5.79. The zero-order valence-electron chi connectivity index (χ0n) is 15.3. The SMILES string of the molecule is CCCCCCCCCCCCc1cc(C=O)c(O)c(C=O)c1C. The molecule has 24 heavy (non-hydrogen) atoms. The van der Waals surface area contributed by atoms with Crippen molar-refractivity contribution in [2.24, 2.45) is 0 Å². The summed E-state index contributed by atoms with van der Waals surface area (Å²) in [4.78, 5) is 22.2. The third-order valence-electron chi connectivity index (χ3n) is 4.79. The summed E-state index contributed by atoms with van der Waals surface area (Å²) in [6, 6.07) is 1.72. The second kappa shape index (κ2) is 11.8. The summed E-state index contributed by atoms with van der Waals surface area (Å²) in [5, 5.41) is 9.88. The highest BCUT2D eigenvalue weighted by atomic mass is 16.3. The summed E-state index contributed by atoms with van der Waals surface area (Å²) in [6.45, 7) is 4.08. The molecule has 0 saturated carbocycles. The van der Waals surface area contributed by atoms with Crippen molar-refractivity contribution in [3.05, 3.63) is 28.3 Å². The molecule has 0 aromatic heterocycles. The minimum absolute atomic E-state index is 0.190. The van der Waals surface area contributed by atoms with E-state index in [1.165, 1.54) is 57.8 Å². The highest BCUT2D eigenvalue weighted by Crippen LogP contribution is 2.27. The maximum Gasteiger partial charge on any atom is 0.154 e. The first-order valence-corrected chi connectivity index (χ1v) is 9.41.